The Hall–Kier alpha value is -2.78. The summed E-state index contributed by atoms with van der Waals surface area (Å²) in [6, 6.07) is 9.82. The summed E-state index contributed by atoms with van der Waals surface area (Å²) in [5.74, 6) is 1.85. The predicted molar refractivity (Wildman–Crippen MR) is 114 cm³/mol. The van der Waals surface area contributed by atoms with Gasteiger partial charge in [-0.15, -0.1) is 6.42 Å². The Bertz CT molecular complexity index is 1460. The molecule has 3 rings (SSSR count). The van der Waals surface area contributed by atoms with Gasteiger partial charge in [-0.05, 0) is 42.5 Å². The number of thiazole rings is 1. The number of carbonyl (C=O) groups is 1. The average molecular weight is 464 g/mol. The summed E-state index contributed by atoms with van der Waals surface area (Å²) in [6.07, 6.45) is 5.43. The third kappa shape index (κ3) is 4.36. The molecule has 0 fully saturated rings. The summed E-state index contributed by atoms with van der Waals surface area (Å²) in [7, 11) is -7.26. The van der Waals surface area contributed by atoms with Crippen molar-refractivity contribution in [2.75, 3.05) is 5.75 Å². The second-order valence-electron chi connectivity index (χ2n) is 6.19. The van der Waals surface area contributed by atoms with E-state index in [9.17, 15) is 21.6 Å². The average Bonchev–Trinajstić information content (AvgIpc) is 3.04. The normalized spacial score (nSPS) is 12.8. The third-order valence-corrected chi connectivity index (χ3v) is 7.97. The molecule has 3 aromatic rings. The second-order valence-corrected chi connectivity index (χ2v) is 11.0. The van der Waals surface area contributed by atoms with Crippen molar-refractivity contribution >= 4 is 47.3 Å². The Balaban J connectivity index is 2.09. The van der Waals surface area contributed by atoms with E-state index in [1.54, 1.807) is 10.6 Å². The maximum absolute atomic E-state index is 12.6. The van der Waals surface area contributed by atoms with Gasteiger partial charge in [-0.25, -0.2) is 22.0 Å². The molecule has 0 saturated carbocycles. The smallest absolute Gasteiger partial charge is 0.279 e. The van der Waals surface area contributed by atoms with Crippen molar-refractivity contribution < 1.29 is 21.6 Å². The molecule has 0 unspecified atom stereocenters. The van der Waals surface area contributed by atoms with Gasteiger partial charge in [-0.3, -0.25) is 4.79 Å². The van der Waals surface area contributed by atoms with Crippen molar-refractivity contribution in [2.24, 2.45) is 10.1 Å². The lowest BCUT2D eigenvalue weighted by molar-refractivity contribution is 0.0998. The van der Waals surface area contributed by atoms with Crippen LogP contribution in [0.5, 0.6) is 0 Å². The zero-order valence-corrected chi connectivity index (χ0v) is 18.2. The first-order valence-electron chi connectivity index (χ1n) is 8.58. The minimum Gasteiger partial charge on any atom is -0.305 e. The quantitative estimate of drug-likeness (QED) is 0.574. The number of nitrogens with zero attached hydrogens (tertiary/aromatic N) is 2. The van der Waals surface area contributed by atoms with Crippen molar-refractivity contribution in [3.63, 3.8) is 0 Å². The van der Waals surface area contributed by atoms with Crippen LogP contribution in [0.1, 0.15) is 17.3 Å². The highest BCUT2D eigenvalue weighted by molar-refractivity contribution is 7.91. The fraction of sp³-hybridized carbons (Fsp3) is 0.158. The number of carbonyl (C=O) groups excluding carboxylic acids is 1. The van der Waals surface area contributed by atoms with Gasteiger partial charge in [0.2, 0.25) is 10.0 Å². The maximum Gasteiger partial charge on any atom is 0.279 e. The molecule has 11 heteroatoms. The van der Waals surface area contributed by atoms with E-state index in [4.69, 9.17) is 11.6 Å². The van der Waals surface area contributed by atoms with E-state index in [0.717, 1.165) is 11.3 Å². The van der Waals surface area contributed by atoms with E-state index in [1.807, 2.05) is 0 Å². The molecule has 156 valence electrons. The fourth-order valence-electron chi connectivity index (χ4n) is 2.68. The number of nitrogens with two attached hydrogens (primary N) is 1. The van der Waals surface area contributed by atoms with Crippen LogP contribution >= 0.6 is 11.3 Å². The first-order valence-corrected chi connectivity index (χ1v) is 12.6. The topological polar surface area (TPSA) is 129 Å². The Kier molecular flexibility index (Phi) is 5.96. The van der Waals surface area contributed by atoms with Crippen molar-refractivity contribution in [3.8, 4) is 12.3 Å². The van der Waals surface area contributed by atoms with E-state index >= 15 is 0 Å². The Labute approximate surface area is 177 Å². The minimum absolute atomic E-state index is 0.0426. The largest absolute Gasteiger partial charge is 0.305 e. The van der Waals surface area contributed by atoms with Gasteiger partial charge in [0, 0.05) is 5.56 Å². The van der Waals surface area contributed by atoms with Crippen LogP contribution in [0.3, 0.4) is 0 Å². The van der Waals surface area contributed by atoms with Crippen molar-refractivity contribution in [1.82, 2.24) is 4.57 Å². The van der Waals surface area contributed by atoms with Crippen LogP contribution in [0.4, 0.5) is 0 Å². The van der Waals surface area contributed by atoms with Gasteiger partial charge in [0.1, 0.15) is 0 Å². The number of amides is 1. The van der Waals surface area contributed by atoms with Crippen LogP contribution in [0.15, 0.2) is 57.2 Å². The lowest BCUT2D eigenvalue weighted by Gasteiger charge is -2.02. The standard InChI is InChI=1S/C19H17N3O5S3/c1-3-11-22-16-10-9-15(30(20,26)27)12-17(16)28-19(22)21-18(23)13-5-7-14(8-6-13)29(24,25)4-2/h1,5-10,12H,4,11H2,2H3,(H2,20,26,27). The van der Waals surface area contributed by atoms with Crippen LogP contribution in [-0.4, -0.2) is 33.1 Å². The first kappa shape index (κ1) is 21.9. The van der Waals surface area contributed by atoms with E-state index in [-0.39, 0.29) is 32.5 Å². The van der Waals surface area contributed by atoms with E-state index in [0.29, 0.717) is 10.2 Å². The summed E-state index contributed by atoms with van der Waals surface area (Å²) in [5.41, 5.74) is 0.821. The van der Waals surface area contributed by atoms with Crippen LogP contribution < -0.4 is 9.94 Å². The Morgan fingerprint density at radius 3 is 2.33 bits per heavy atom. The lowest BCUT2D eigenvalue weighted by Crippen LogP contribution is -2.16. The number of sulfone groups is 1. The van der Waals surface area contributed by atoms with Gasteiger partial charge in [0.05, 0.1) is 32.3 Å². The molecule has 8 nitrogen and oxygen atoms in total. The number of fused-ring (bicyclic) bond motifs is 1. The molecular formula is C19H17N3O5S3. The molecule has 30 heavy (non-hydrogen) atoms. The fourth-order valence-corrected chi connectivity index (χ4v) is 5.25. The zero-order chi connectivity index (χ0) is 22.1. The molecule has 0 bridgehead atoms. The van der Waals surface area contributed by atoms with Gasteiger partial charge in [0.15, 0.2) is 14.6 Å². The lowest BCUT2D eigenvalue weighted by atomic mass is 10.2. The van der Waals surface area contributed by atoms with Gasteiger partial charge in [0.25, 0.3) is 5.91 Å². The van der Waals surface area contributed by atoms with Crippen molar-refractivity contribution in [1.29, 1.82) is 0 Å². The number of sulfonamides is 1. The Morgan fingerprint density at radius 1 is 1.13 bits per heavy atom. The number of primary sulfonamides is 1. The molecule has 0 atom stereocenters. The van der Waals surface area contributed by atoms with Crippen molar-refractivity contribution in [3.05, 3.63) is 52.8 Å². The maximum atomic E-state index is 12.6. The SMILES string of the molecule is C#CCn1c(=NC(=O)c2ccc(S(=O)(=O)CC)cc2)sc2cc(S(N)(=O)=O)ccc21. The number of hydrogen-bond acceptors (Lipinski definition) is 6. The number of hydrogen-bond donors (Lipinski definition) is 1. The molecule has 2 N–H and O–H groups in total. The first-order chi connectivity index (χ1) is 14.1. The minimum atomic E-state index is -3.88. The number of terminal acetylenes is 1. The monoisotopic (exact) mass is 463 g/mol. The number of rotatable bonds is 5. The van der Waals surface area contributed by atoms with Crippen LogP contribution in [0.2, 0.25) is 0 Å². The van der Waals surface area contributed by atoms with Gasteiger partial charge >= 0.3 is 0 Å². The number of benzene rings is 2. The number of aromatic nitrogens is 1. The molecule has 2 aromatic carbocycles. The molecule has 1 aromatic heterocycles. The zero-order valence-electron chi connectivity index (χ0n) is 15.8. The summed E-state index contributed by atoms with van der Waals surface area (Å²) in [4.78, 5) is 17.1. The van der Waals surface area contributed by atoms with Gasteiger partial charge in [-0.2, -0.15) is 4.99 Å². The van der Waals surface area contributed by atoms with E-state index in [2.05, 4.69) is 10.9 Å². The van der Waals surface area contributed by atoms with Crippen LogP contribution in [-0.2, 0) is 26.4 Å². The summed E-state index contributed by atoms with van der Waals surface area (Å²) < 4.78 is 49.2. The molecule has 0 aliphatic rings. The molecule has 1 amide bonds. The van der Waals surface area contributed by atoms with Crippen LogP contribution in [0, 0.1) is 12.3 Å². The van der Waals surface area contributed by atoms with Crippen molar-refractivity contribution in [2.45, 2.75) is 23.3 Å². The van der Waals surface area contributed by atoms with Gasteiger partial charge in [-0.1, -0.05) is 24.2 Å². The highest BCUT2D eigenvalue weighted by Gasteiger charge is 2.15. The molecule has 0 radical (unpaired) electrons. The van der Waals surface area contributed by atoms with E-state index in [1.165, 1.54) is 43.3 Å². The summed E-state index contributed by atoms with van der Waals surface area (Å²) in [5, 5.41) is 5.18. The third-order valence-electron chi connectivity index (χ3n) is 4.27. The predicted octanol–water partition coefficient (Wildman–Crippen LogP) is 1.52. The molecular weight excluding hydrogens is 446 g/mol. The highest BCUT2D eigenvalue weighted by atomic mass is 32.2. The molecule has 0 saturated heterocycles. The Morgan fingerprint density at radius 2 is 1.77 bits per heavy atom. The second kappa shape index (κ2) is 8.16. The molecule has 0 aliphatic carbocycles. The summed E-state index contributed by atoms with van der Waals surface area (Å²) >= 11 is 1.09. The molecule has 1 heterocycles. The van der Waals surface area contributed by atoms with E-state index < -0.39 is 25.8 Å². The summed E-state index contributed by atoms with van der Waals surface area (Å²) in [6.45, 7) is 1.66. The highest BCUT2D eigenvalue weighted by Crippen LogP contribution is 2.21. The van der Waals surface area contributed by atoms with Gasteiger partial charge < -0.3 is 4.57 Å². The van der Waals surface area contributed by atoms with Crippen LogP contribution in [0.25, 0.3) is 10.2 Å². The molecule has 0 aliphatic heterocycles. The molecule has 0 spiro atoms.